The van der Waals surface area contributed by atoms with Gasteiger partial charge in [0.2, 0.25) is 5.82 Å². The van der Waals surface area contributed by atoms with E-state index >= 15 is 0 Å². The molecule has 2 heterocycles. The molecular weight excluding hydrogens is 288 g/mol. The summed E-state index contributed by atoms with van der Waals surface area (Å²) in [6.45, 7) is 4.34. The number of nitro groups is 1. The van der Waals surface area contributed by atoms with Gasteiger partial charge in [0.1, 0.15) is 0 Å². The molecule has 0 aromatic carbocycles. The first-order valence-electron chi connectivity index (χ1n) is 5.36. The molecule has 7 heteroatoms. The first-order chi connectivity index (χ1) is 8.08. The number of hydrogen-bond acceptors (Lipinski definition) is 5. The van der Waals surface area contributed by atoms with Gasteiger partial charge in [0, 0.05) is 42.4 Å². The zero-order chi connectivity index (χ0) is 12.4. The largest absolute Gasteiger partial charge is 0.348 e. The number of nitrogens with one attached hydrogen (secondary N) is 1. The van der Waals surface area contributed by atoms with Crippen molar-refractivity contribution in [3.05, 3.63) is 26.9 Å². The van der Waals surface area contributed by atoms with Crippen LogP contribution < -0.4 is 10.2 Å². The molecule has 1 aliphatic rings. The molecule has 0 saturated carbocycles. The molecule has 1 aliphatic heterocycles. The van der Waals surface area contributed by atoms with Gasteiger partial charge in [-0.2, -0.15) is 0 Å². The first-order valence-corrected chi connectivity index (χ1v) is 6.15. The molecule has 92 valence electrons. The molecule has 0 amide bonds. The summed E-state index contributed by atoms with van der Waals surface area (Å²) >= 11 is 3.20. The maximum atomic E-state index is 11.0. The summed E-state index contributed by atoms with van der Waals surface area (Å²) in [5.41, 5.74) is 0.0495. The topological polar surface area (TPSA) is 71.3 Å². The minimum atomic E-state index is -0.389. The summed E-state index contributed by atoms with van der Waals surface area (Å²) < 4.78 is 0.621. The van der Waals surface area contributed by atoms with Crippen LogP contribution in [0.2, 0.25) is 0 Å². The lowest BCUT2D eigenvalue weighted by Crippen LogP contribution is -2.49. The summed E-state index contributed by atoms with van der Waals surface area (Å²) in [6, 6.07) is 1.81. The molecule has 0 aliphatic carbocycles. The van der Waals surface area contributed by atoms with E-state index in [4.69, 9.17) is 0 Å². The van der Waals surface area contributed by atoms with Crippen LogP contribution in [0.4, 0.5) is 11.5 Å². The number of piperazine rings is 1. The second-order valence-corrected chi connectivity index (χ2v) is 4.97. The van der Waals surface area contributed by atoms with Crippen LogP contribution in [-0.4, -0.2) is 35.6 Å². The van der Waals surface area contributed by atoms with Gasteiger partial charge >= 0.3 is 5.69 Å². The van der Waals surface area contributed by atoms with Crippen LogP contribution in [0, 0.1) is 10.1 Å². The Hall–Kier alpha value is -1.21. The molecule has 0 radical (unpaired) electrons. The number of hydrogen-bond donors (Lipinski definition) is 1. The van der Waals surface area contributed by atoms with Crippen LogP contribution in [-0.2, 0) is 0 Å². The highest BCUT2D eigenvalue weighted by molar-refractivity contribution is 9.10. The maximum Gasteiger partial charge on any atom is 0.312 e. The summed E-state index contributed by atoms with van der Waals surface area (Å²) in [5.74, 6) is 0.451. The summed E-state index contributed by atoms with van der Waals surface area (Å²) in [5, 5.41) is 14.3. The van der Waals surface area contributed by atoms with E-state index in [1.807, 2.05) is 4.90 Å². The zero-order valence-corrected chi connectivity index (χ0v) is 11.0. The molecular formula is C10H13BrN4O2. The number of halogens is 1. The molecule has 2 rings (SSSR count). The summed E-state index contributed by atoms with van der Waals surface area (Å²) in [7, 11) is 0. The number of aromatic nitrogens is 1. The second kappa shape index (κ2) is 4.97. The van der Waals surface area contributed by atoms with Crippen molar-refractivity contribution in [3.8, 4) is 0 Å². The van der Waals surface area contributed by atoms with E-state index in [0.717, 1.165) is 19.6 Å². The van der Waals surface area contributed by atoms with E-state index in [1.54, 1.807) is 6.20 Å². The minimum absolute atomic E-state index is 0.0495. The van der Waals surface area contributed by atoms with Gasteiger partial charge < -0.3 is 10.2 Å². The average Bonchev–Trinajstić information content (AvgIpc) is 2.28. The van der Waals surface area contributed by atoms with Crippen molar-refractivity contribution in [3.63, 3.8) is 0 Å². The van der Waals surface area contributed by atoms with Crippen molar-refractivity contribution < 1.29 is 4.92 Å². The lowest BCUT2D eigenvalue weighted by Gasteiger charge is -2.32. The summed E-state index contributed by atoms with van der Waals surface area (Å²) in [6.07, 6.45) is 1.59. The van der Waals surface area contributed by atoms with Gasteiger partial charge in [0.25, 0.3) is 0 Å². The van der Waals surface area contributed by atoms with Crippen LogP contribution in [0.3, 0.4) is 0 Å². The molecule has 1 unspecified atom stereocenters. The number of nitrogens with zero attached hydrogens (tertiary/aromatic N) is 3. The molecule has 1 aromatic heterocycles. The van der Waals surface area contributed by atoms with Gasteiger partial charge in [0.15, 0.2) is 0 Å². The SMILES string of the molecule is CC1CN(c2ncc(Br)cc2[N+](=O)[O-])CCN1. The Labute approximate surface area is 107 Å². The molecule has 6 nitrogen and oxygen atoms in total. The molecule has 1 N–H and O–H groups in total. The lowest BCUT2D eigenvalue weighted by atomic mass is 10.2. The van der Waals surface area contributed by atoms with Gasteiger partial charge in [0.05, 0.1) is 4.92 Å². The maximum absolute atomic E-state index is 11.0. The lowest BCUT2D eigenvalue weighted by molar-refractivity contribution is -0.384. The smallest absolute Gasteiger partial charge is 0.312 e. The van der Waals surface area contributed by atoms with Crippen molar-refractivity contribution in [1.82, 2.24) is 10.3 Å². The molecule has 1 atom stereocenters. The van der Waals surface area contributed by atoms with Gasteiger partial charge in [-0.05, 0) is 22.9 Å². The molecule has 1 fully saturated rings. The van der Waals surface area contributed by atoms with Gasteiger partial charge in [-0.15, -0.1) is 0 Å². The van der Waals surface area contributed by atoms with Crippen LogP contribution in [0.25, 0.3) is 0 Å². The van der Waals surface area contributed by atoms with E-state index in [0.29, 0.717) is 16.3 Å². The standard InChI is InChI=1S/C10H13BrN4O2/c1-7-6-14(3-2-12-7)10-9(15(16)17)4-8(11)5-13-10/h4-5,7,12H,2-3,6H2,1H3. The normalized spacial score (nSPS) is 20.4. The fourth-order valence-electron chi connectivity index (χ4n) is 1.92. The minimum Gasteiger partial charge on any atom is -0.348 e. The Morgan fingerprint density at radius 2 is 2.47 bits per heavy atom. The highest BCUT2D eigenvalue weighted by atomic mass is 79.9. The van der Waals surface area contributed by atoms with E-state index in [2.05, 4.69) is 33.2 Å². The van der Waals surface area contributed by atoms with E-state index < -0.39 is 0 Å². The second-order valence-electron chi connectivity index (χ2n) is 4.05. The number of anilines is 1. The molecule has 0 spiro atoms. The van der Waals surface area contributed by atoms with Crippen LogP contribution in [0.1, 0.15) is 6.92 Å². The predicted molar refractivity (Wildman–Crippen MR) is 68.3 cm³/mol. The highest BCUT2D eigenvalue weighted by Crippen LogP contribution is 2.28. The van der Waals surface area contributed by atoms with Gasteiger partial charge in [-0.3, -0.25) is 10.1 Å². The van der Waals surface area contributed by atoms with Gasteiger partial charge in [-0.25, -0.2) is 4.98 Å². The molecule has 17 heavy (non-hydrogen) atoms. The Bertz CT molecular complexity index is 440. The molecule has 0 bridgehead atoms. The number of rotatable bonds is 2. The molecule has 1 aromatic rings. The fraction of sp³-hybridized carbons (Fsp3) is 0.500. The zero-order valence-electron chi connectivity index (χ0n) is 9.39. The van der Waals surface area contributed by atoms with Crippen molar-refractivity contribution >= 4 is 27.4 Å². The third kappa shape index (κ3) is 2.73. The van der Waals surface area contributed by atoms with Crippen LogP contribution >= 0.6 is 15.9 Å². The van der Waals surface area contributed by atoms with Crippen LogP contribution in [0.15, 0.2) is 16.7 Å². The average molecular weight is 301 g/mol. The number of pyridine rings is 1. The quantitative estimate of drug-likeness (QED) is 0.663. The summed E-state index contributed by atoms with van der Waals surface area (Å²) in [4.78, 5) is 16.7. The monoisotopic (exact) mass is 300 g/mol. The highest BCUT2D eigenvalue weighted by Gasteiger charge is 2.24. The predicted octanol–water partition coefficient (Wildman–Crippen LogP) is 1.55. The van der Waals surface area contributed by atoms with Crippen molar-refractivity contribution in [2.45, 2.75) is 13.0 Å². The van der Waals surface area contributed by atoms with E-state index in [1.165, 1.54) is 6.07 Å². The third-order valence-corrected chi connectivity index (χ3v) is 3.11. The fourth-order valence-corrected chi connectivity index (χ4v) is 2.24. The molecule has 1 saturated heterocycles. The Kier molecular flexibility index (Phi) is 3.58. The van der Waals surface area contributed by atoms with Crippen LogP contribution in [0.5, 0.6) is 0 Å². The van der Waals surface area contributed by atoms with E-state index in [9.17, 15) is 10.1 Å². The Morgan fingerprint density at radius 1 is 1.71 bits per heavy atom. The van der Waals surface area contributed by atoms with Gasteiger partial charge in [-0.1, -0.05) is 0 Å². The van der Waals surface area contributed by atoms with Crippen molar-refractivity contribution in [2.75, 3.05) is 24.5 Å². The van der Waals surface area contributed by atoms with E-state index in [-0.39, 0.29) is 10.6 Å². The van der Waals surface area contributed by atoms with Crippen molar-refractivity contribution in [2.24, 2.45) is 0 Å². The third-order valence-electron chi connectivity index (χ3n) is 2.68. The Morgan fingerprint density at radius 3 is 3.12 bits per heavy atom. The first kappa shape index (κ1) is 12.3. The Balaban J connectivity index is 2.33. The van der Waals surface area contributed by atoms with Crippen molar-refractivity contribution in [1.29, 1.82) is 0 Å².